The van der Waals surface area contributed by atoms with E-state index in [1.807, 2.05) is 12.3 Å². The maximum atomic E-state index is 12.8. The van der Waals surface area contributed by atoms with Crippen LogP contribution in [0, 0.1) is 0 Å². The molecule has 1 fully saturated rings. The fraction of sp³-hybridized carbons (Fsp3) is 0.381. The number of halogens is 3. The number of piperazine rings is 1. The van der Waals surface area contributed by atoms with E-state index in [2.05, 4.69) is 25.8 Å². The van der Waals surface area contributed by atoms with Crippen molar-refractivity contribution in [3.63, 3.8) is 0 Å². The molecule has 0 atom stereocenters. The van der Waals surface area contributed by atoms with Crippen molar-refractivity contribution in [1.82, 2.24) is 24.3 Å². The first kappa shape index (κ1) is 20.5. The molecular formula is C21H22F3N5O. The number of aromatic nitrogens is 3. The van der Waals surface area contributed by atoms with Crippen molar-refractivity contribution >= 4 is 10.9 Å². The molecule has 0 N–H and O–H groups in total. The van der Waals surface area contributed by atoms with Crippen LogP contribution in [0.2, 0.25) is 0 Å². The van der Waals surface area contributed by atoms with Gasteiger partial charge in [-0.25, -0.2) is 4.98 Å². The maximum absolute atomic E-state index is 12.8. The maximum Gasteiger partial charge on any atom is 0.433 e. The predicted molar refractivity (Wildman–Crippen MR) is 107 cm³/mol. The smallest absolute Gasteiger partial charge is 0.314 e. The molecule has 4 rings (SSSR count). The number of pyridine rings is 3. The fourth-order valence-corrected chi connectivity index (χ4v) is 3.67. The zero-order valence-electron chi connectivity index (χ0n) is 16.3. The van der Waals surface area contributed by atoms with Gasteiger partial charge in [-0.2, -0.15) is 13.2 Å². The van der Waals surface area contributed by atoms with Crippen LogP contribution in [0.15, 0.2) is 53.7 Å². The van der Waals surface area contributed by atoms with Crippen LogP contribution in [0.5, 0.6) is 0 Å². The number of hydrogen-bond donors (Lipinski definition) is 0. The zero-order chi connectivity index (χ0) is 21.1. The molecule has 4 heterocycles. The third kappa shape index (κ3) is 4.68. The summed E-state index contributed by atoms with van der Waals surface area (Å²) in [5.74, 6) is 0. The minimum absolute atomic E-state index is 0.0649. The minimum Gasteiger partial charge on any atom is -0.314 e. The lowest BCUT2D eigenvalue weighted by molar-refractivity contribution is -0.140. The Bertz CT molecular complexity index is 1060. The second kappa shape index (κ2) is 8.53. The number of alkyl halides is 3. The summed E-state index contributed by atoms with van der Waals surface area (Å²) in [6.07, 6.45) is 0.644. The van der Waals surface area contributed by atoms with Crippen molar-refractivity contribution in [1.29, 1.82) is 0 Å². The average molecular weight is 417 g/mol. The lowest BCUT2D eigenvalue weighted by Crippen LogP contribution is -2.47. The van der Waals surface area contributed by atoms with Crippen LogP contribution in [-0.4, -0.2) is 57.1 Å². The normalized spacial score (nSPS) is 16.2. The van der Waals surface area contributed by atoms with Crippen LogP contribution in [0.3, 0.4) is 0 Å². The van der Waals surface area contributed by atoms with E-state index >= 15 is 0 Å². The molecule has 0 bridgehead atoms. The largest absolute Gasteiger partial charge is 0.433 e. The number of hydrogen-bond acceptors (Lipinski definition) is 5. The summed E-state index contributed by atoms with van der Waals surface area (Å²) in [5, 5.41) is 0.201. The molecule has 158 valence electrons. The van der Waals surface area contributed by atoms with E-state index in [0.29, 0.717) is 13.1 Å². The summed E-state index contributed by atoms with van der Waals surface area (Å²) in [4.78, 5) is 25.0. The van der Waals surface area contributed by atoms with Crippen LogP contribution >= 0.6 is 0 Å². The van der Waals surface area contributed by atoms with Crippen molar-refractivity contribution in [3.05, 3.63) is 70.5 Å². The summed E-state index contributed by atoms with van der Waals surface area (Å²) in [6, 6.07) is 7.54. The van der Waals surface area contributed by atoms with E-state index in [1.54, 1.807) is 10.8 Å². The van der Waals surface area contributed by atoms with Crippen LogP contribution in [0.1, 0.15) is 11.3 Å². The average Bonchev–Trinajstić information content (AvgIpc) is 2.74. The lowest BCUT2D eigenvalue weighted by Gasteiger charge is -2.34. The molecule has 1 aliphatic heterocycles. The monoisotopic (exact) mass is 417 g/mol. The van der Waals surface area contributed by atoms with Gasteiger partial charge < -0.3 is 4.57 Å². The Labute approximate surface area is 171 Å². The van der Waals surface area contributed by atoms with Gasteiger partial charge in [0, 0.05) is 64.4 Å². The molecule has 3 aromatic rings. The Morgan fingerprint density at radius 3 is 2.43 bits per heavy atom. The highest BCUT2D eigenvalue weighted by molar-refractivity contribution is 5.77. The third-order valence-corrected chi connectivity index (χ3v) is 5.37. The third-order valence-electron chi connectivity index (χ3n) is 5.37. The van der Waals surface area contributed by atoms with E-state index < -0.39 is 11.9 Å². The number of fused-ring (bicyclic) bond motifs is 1. The Morgan fingerprint density at radius 2 is 1.73 bits per heavy atom. The van der Waals surface area contributed by atoms with Crippen molar-refractivity contribution in [2.75, 3.05) is 32.7 Å². The van der Waals surface area contributed by atoms with Crippen LogP contribution in [0.25, 0.3) is 10.9 Å². The van der Waals surface area contributed by atoms with Crippen molar-refractivity contribution < 1.29 is 13.2 Å². The summed E-state index contributed by atoms with van der Waals surface area (Å²) in [7, 11) is 0. The van der Waals surface area contributed by atoms with Gasteiger partial charge in [-0.1, -0.05) is 6.07 Å². The molecule has 0 saturated carbocycles. The van der Waals surface area contributed by atoms with Gasteiger partial charge in [0.25, 0.3) is 5.56 Å². The SMILES string of the molecule is O=c1c2ccc(C(F)(F)F)nc2ccn1CCN1CCN(Cc2cccnc2)CC1. The van der Waals surface area contributed by atoms with Gasteiger partial charge in [0.2, 0.25) is 0 Å². The molecule has 1 aliphatic rings. The molecule has 30 heavy (non-hydrogen) atoms. The van der Waals surface area contributed by atoms with E-state index in [1.165, 1.54) is 23.9 Å². The Hall–Kier alpha value is -2.78. The van der Waals surface area contributed by atoms with Gasteiger partial charge >= 0.3 is 6.18 Å². The van der Waals surface area contributed by atoms with Crippen molar-refractivity contribution in [3.8, 4) is 0 Å². The van der Waals surface area contributed by atoms with Gasteiger partial charge in [-0.3, -0.25) is 19.6 Å². The van der Waals surface area contributed by atoms with Gasteiger partial charge in [0.15, 0.2) is 0 Å². The van der Waals surface area contributed by atoms with Gasteiger partial charge in [-0.15, -0.1) is 0 Å². The van der Waals surface area contributed by atoms with Crippen molar-refractivity contribution in [2.24, 2.45) is 0 Å². The molecule has 0 aromatic carbocycles. The van der Waals surface area contributed by atoms with Gasteiger partial charge in [0.1, 0.15) is 5.69 Å². The van der Waals surface area contributed by atoms with Crippen LogP contribution < -0.4 is 5.56 Å². The second-order valence-electron chi connectivity index (χ2n) is 7.42. The summed E-state index contributed by atoms with van der Waals surface area (Å²) in [6.45, 7) is 5.74. The molecule has 3 aromatic heterocycles. The lowest BCUT2D eigenvalue weighted by atomic mass is 10.2. The first-order chi connectivity index (χ1) is 14.4. The second-order valence-corrected chi connectivity index (χ2v) is 7.42. The molecule has 0 unspecified atom stereocenters. The number of nitrogens with zero attached hydrogens (tertiary/aromatic N) is 5. The zero-order valence-corrected chi connectivity index (χ0v) is 16.3. The summed E-state index contributed by atoms with van der Waals surface area (Å²) < 4.78 is 40.0. The standard InChI is InChI=1S/C21H22F3N5O/c22-21(23,24)19-4-3-17-18(26-19)5-7-29(20(17)30)13-12-27-8-10-28(11-9-27)15-16-2-1-6-25-14-16/h1-7,14H,8-13,15H2. The Balaban J connectivity index is 1.35. The molecule has 0 amide bonds. The molecule has 0 radical (unpaired) electrons. The van der Waals surface area contributed by atoms with Gasteiger partial charge in [-0.05, 0) is 29.8 Å². The molecular weight excluding hydrogens is 395 g/mol. The van der Waals surface area contributed by atoms with Crippen LogP contribution in [-0.2, 0) is 19.3 Å². The molecule has 6 nitrogen and oxygen atoms in total. The Kier molecular flexibility index (Phi) is 5.83. The fourth-order valence-electron chi connectivity index (χ4n) is 3.67. The van der Waals surface area contributed by atoms with E-state index in [-0.39, 0.29) is 16.5 Å². The highest BCUT2D eigenvalue weighted by atomic mass is 19.4. The van der Waals surface area contributed by atoms with Crippen molar-refractivity contribution in [2.45, 2.75) is 19.3 Å². The molecule has 0 spiro atoms. The van der Waals surface area contributed by atoms with Gasteiger partial charge in [0.05, 0.1) is 10.9 Å². The first-order valence-electron chi connectivity index (χ1n) is 9.81. The van der Waals surface area contributed by atoms with Crippen LogP contribution in [0.4, 0.5) is 13.2 Å². The first-order valence-corrected chi connectivity index (χ1v) is 9.81. The Morgan fingerprint density at radius 1 is 0.967 bits per heavy atom. The van der Waals surface area contributed by atoms with E-state index in [0.717, 1.165) is 38.8 Å². The van der Waals surface area contributed by atoms with E-state index in [9.17, 15) is 18.0 Å². The minimum atomic E-state index is -4.53. The molecule has 0 aliphatic carbocycles. The number of rotatable bonds is 5. The summed E-state index contributed by atoms with van der Waals surface area (Å²) in [5.41, 5.74) is -0.0497. The predicted octanol–water partition coefficient (Wildman–Crippen LogP) is 2.63. The highest BCUT2D eigenvalue weighted by Gasteiger charge is 2.32. The molecule has 1 saturated heterocycles. The topological polar surface area (TPSA) is 54.3 Å². The highest BCUT2D eigenvalue weighted by Crippen LogP contribution is 2.28. The summed E-state index contributed by atoms with van der Waals surface area (Å²) >= 11 is 0. The van der Waals surface area contributed by atoms with E-state index in [4.69, 9.17) is 0 Å². The quantitative estimate of drug-likeness (QED) is 0.639. The molecule has 9 heteroatoms.